The molecule has 0 aliphatic rings. The van der Waals surface area contributed by atoms with Crippen LogP contribution in [0.2, 0.25) is 0 Å². The van der Waals surface area contributed by atoms with Crippen LogP contribution in [0.1, 0.15) is 31.9 Å². The molecule has 1 aromatic heterocycles. The molecule has 1 unspecified atom stereocenters. The van der Waals surface area contributed by atoms with E-state index in [0.717, 1.165) is 0 Å². The number of hydrogen-bond donors (Lipinski definition) is 0. The third-order valence-corrected chi connectivity index (χ3v) is 3.05. The van der Waals surface area contributed by atoms with Gasteiger partial charge in [0.25, 0.3) is 0 Å². The van der Waals surface area contributed by atoms with Gasteiger partial charge in [-0.3, -0.25) is 0 Å². The second kappa shape index (κ2) is 3.49. The number of aromatic nitrogens is 1. The van der Waals surface area contributed by atoms with Crippen molar-refractivity contribution in [2.75, 3.05) is 0 Å². The topological polar surface area (TPSA) is 4.93 Å². The van der Waals surface area contributed by atoms with E-state index in [0.29, 0.717) is 6.04 Å². The van der Waals surface area contributed by atoms with E-state index in [1.165, 1.54) is 22.9 Å². The van der Waals surface area contributed by atoms with E-state index in [2.05, 4.69) is 55.8 Å². The first-order chi connectivity index (χ1) is 6.74. The Hall–Kier alpha value is -1.24. The van der Waals surface area contributed by atoms with E-state index < -0.39 is 0 Å². The average Bonchev–Trinajstić information content (AvgIpc) is 2.62. The Morgan fingerprint density at radius 3 is 2.79 bits per heavy atom. The maximum absolute atomic E-state index is 2.36. The van der Waals surface area contributed by atoms with Gasteiger partial charge in [0.1, 0.15) is 0 Å². The second-order valence-electron chi connectivity index (χ2n) is 3.99. The maximum atomic E-state index is 2.36. The second-order valence-corrected chi connectivity index (χ2v) is 3.99. The lowest BCUT2D eigenvalue weighted by Gasteiger charge is -2.12. The van der Waals surface area contributed by atoms with Crippen LogP contribution in [-0.2, 0) is 0 Å². The fourth-order valence-corrected chi connectivity index (χ4v) is 1.92. The molecule has 2 aromatic rings. The zero-order valence-corrected chi connectivity index (χ0v) is 9.12. The molecule has 1 aromatic carbocycles. The molecule has 1 nitrogen and oxygen atoms in total. The van der Waals surface area contributed by atoms with Gasteiger partial charge in [0.2, 0.25) is 0 Å². The van der Waals surface area contributed by atoms with Crippen molar-refractivity contribution in [1.82, 2.24) is 4.57 Å². The third-order valence-electron chi connectivity index (χ3n) is 3.05. The summed E-state index contributed by atoms with van der Waals surface area (Å²) in [6.07, 6.45) is 3.38. The minimum absolute atomic E-state index is 0.592. The monoisotopic (exact) mass is 187 g/mol. The molecule has 0 radical (unpaired) electrons. The molecule has 0 spiro atoms. The fraction of sp³-hybridized carbons (Fsp3) is 0.385. The lowest BCUT2D eigenvalue weighted by atomic mass is 10.1. The molecule has 1 heteroatoms. The zero-order chi connectivity index (χ0) is 10.1. The first kappa shape index (κ1) is 9.32. The first-order valence-electron chi connectivity index (χ1n) is 5.30. The fourth-order valence-electron chi connectivity index (χ4n) is 1.92. The van der Waals surface area contributed by atoms with E-state index in [-0.39, 0.29) is 0 Å². The van der Waals surface area contributed by atoms with Gasteiger partial charge in [0.05, 0.1) is 0 Å². The summed E-state index contributed by atoms with van der Waals surface area (Å²) >= 11 is 0. The smallest absolute Gasteiger partial charge is 0.0485 e. The minimum atomic E-state index is 0.592. The van der Waals surface area contributed by atoms with Crippen LogP contribution in [0.3, 0.4) is 0 Å². The highest BCUT2D eigenvalue weighted by Gasteiger charge is 2.06. The Bertz CT molecular complexity index is 439. The molecule has 0 N–H and O–H groups in total. The SMILES string of the molecule is CCC(C)n1ccc2c(C)cccc21. The molecule has 0 fully saturated rings. The van der Waals surface area contributed by atoms with Gasteiger partial charge in [0.15, 0.2) is 0 Å². The molecule has 0 aliphatic carbocycles. The summed E-state index contributed by atoms with van der Waals surface area (Å²) in [6.45, 7) is 6.66. The molecule has 0 amide bonds. The molecule has 0 saturated carbocycles. The standard InChI is InChI=1S/C13H17N/c1-4-11(3)14-9-8-12-10(2)6-5-7-13(12)14/h5-9,11H,4H2,1-3H3. The predicted octanol–water partition coefficient (Wildman–Crippen LogP) is 3.92. The van der Waals surface area contributed by atoms with Gasteiger partial charge in [-0.1, -0.05) is 19.1 Å². The van der Waals surface area contributed by atoms with E-state index >= 15 is 0 Å². The van der Waals surface area contributed by atoms with Crippen LogP contribution in [0, 0.1) is 6.92 Å². The van der Waals surface area contributed by atoms with Crippen LogP contribution in [0.15, 0.2) is 30.5 Å². The lowest BCUT2D eigenvalue weighted by Crippen LogP contribution is -2.01. The molecule has 0 bridgehead atoms. The lowest BCUT2D eigenvalue weighted by molar-refractivity contribution is 0.548. The van der Waals surface area contributed by atoms with Crippen LogP contribution in [0.25, 0.3) is 10.9 Å². The van der Waals surface area contributed by atoms with Crippen molar-refractivity contribution < 1.29 is 0 Å². The van der Waals surface area contributed by atoms with Gasteiger partial charge in [-0.05, 0) is 38.0 Å². The highest BCUT2D eigenvalue weighted by atomic mass is 15.0. The predicted molar refractivity (Wildman–Crippen MR) is 61.7 cm³/mol. The largest absolute Gasteiger partial charge is 0.345 e. The van der Waals surface area contributed by atoms with Crippen molar-refractivity contribution in [1.29, 1.82) is 0 Å². The number of hydrogen-bond acceptors (Lipinski definition) is 0. The highest BCUT2D eigenvalue weighted by Crippen LogP contribution is 2.23. The van der Waals surface area contributed by atoms with Crippen LogP contribution >= 0.6 is 0 Å². The zero-order valence-electron chi connectivity index (χ0n) is 9.12. The van der Waals surface area contributed by atoms with Gasteiger partial charge in [-0.2, -0.15) is 0 Å². The number of nitrogens with zero attached hydrogens (tertiary/aromatic N) is 1. The van der Waals surface area contributed by atoms with Crippen LogP contribution < -0.4 is 0 Å². The summed E-state index contributed by atoms with van der Waals surface area (Å²) in [7, 11) is 0. The van der Waals surface area contributed by atoms with Crippen LogP contribution in [0.5, 0.6) is 0 Å². The van der Waals surface area contributed by atoms with E-state index in [4.69, 9.17) is 0 Å². The first-order valence-corrected chi connectivity index (χ1v) is 5.30. The highest BCUT2D eigenvalue weighted by molar-refractivity contribution is 5.83. The summed E-state index contributed by atoms with van der Waals surface area (Å²) in [5, 5.41) is 1.38. The van der Waals surface area contributed by atoms with Crippen molar-refractivity contribution in [3.8, 4) is 0 Å². The summed E-state index contributed by atoms with van der Waals surface area (Å²) in [5.74, 6) is 0. The molecular formula is C13H17N. The van der Waals surface area contributed by atoms with Crippen molar-refractivity contribution in [3.63, 3.8) is 0 Å². The molecular weight excluding hydrogens is 170 g/mol. The van der Waals surface area contributed by atoms with Gasteiger partial charge in [0, 0.05) is 23.1 Å². The Morgan fingerprint density at radius 2 is 2.07 bits per heavy atom. The van der Waals surface area contributed by atoms with Gasteiger partial charge in [-0.25, -0.2) is 0 Å². The van der Waals surface area contributed by atoms with Crippen molar-refractivity contribution in [3.05, 3.63) is 36.0 Å². The summed E-state index contributed by atoms with van der Waals surface area (Å²) in [5.41, 5.74) is 2.73. The summed E-state index contributed by atoms with van der Waals surface area (Å²) < 4.78 is 2.36. The minimum Gasteiger partial charge on any atom is -0.345 e. The number of benzene rings is 1. The van der Waals surface area contributed by atoms with Gasteiger partial charge in [-0.15, -0.1) is 0 Å². The number of rotatable bonds is 2. The number of fused-ring (bicyclic) bond motifs is 1. The molecule has 2 rings (SSSR count). The van der Waals surface area contributed by atoms with Crippen LogP contribution in [-0.4, -0.2) is 4.57 Å². The van der Waals surface area contributed by atoms with E-state index in [9.17, 15) is 0 Å². The van der Waals surface area contributed by atoms with Crippen molar-refractivity contribution in [2.24, 2.45) is 0 Å². The molecule has 1 atom stereocenters. The van der Waals surface area contributed by atoms with Crippen LogP contribution in [0.4, 0.5) is 0 Å². The summed E-state index contributed by atoms with van der Waals surface area (Å²) in [4.78, 5) is 0. The Kier molecular flexibility index (Phi) is 2.32. The van der Waals surface area contributed by atoms with E-state index in [1.807, 2.05) is 0 Å². The van der Waals surface area contributed by atoms with Crippen molar-refractivity contribution >= 4 is 10.9 Å². The molecule has 74 valence electrons. The van der Waals surface area contributed by atoms with E-state index in [1.54, 1.807) is 0 Å². The molecule has 0 saturated heterocycles. The quantitative estimate of drug-likeness (QED) is 0.671. The average molecular weight is 187 g/mol. The molecule has 1 heterocycles. The maximum Gasteiger partial charge on any atom is 0.0485 e. The van der Waals surface area contributed by atoms with Crippen molar-refractivity contribution in [2.45, 2.75) is 33.2 Å². The number of aryl methyl sites for hydroxylation is 1. The molecule has 14 heavy (non-hydrogen) atoms. The molecule has 0 aliphatic heterocycles. The Balaban J connectivity index is 2.63. The normalized spacial score (nSPS) is 13.4. The van der Waals surface area contributed by atoms with Gasteiger partial charge >= 0.3 is 0 Å². The summed E-state index contributed by atoms with van der Waals surface area (Å²) in [6, 6.07) is 9.32. The third kappa shape index (κ3) is 1.33. The Morgan fingerprint density at radius 1 is 1.29 bits per heavy atom. The van der Waals surface area contributed by atoms with Gasteiger partial charge < -0.3 is 4.57 Å². The Labute approximate surface area is 85.4 Å².